The van der Waals surface area contributed by atoms with Crippen molar-refractivity contribution in [2.24, 2.45) is 0 Å². The van der Waals surface area contributed by atoms with Crippen molar-refractivity contribution in [3.8, 4) is 23.0 Å². The highest BCUT2D eigenvalue weighted by molar-refractivity contribution is 5.82. The molecular formula is C35H46N2O6. The Balaban J connectivity index is 1.69. The number of carbonyl (C=O) groups is 2. The van der Waals surface area contributed by atoms with E-state index in [2.05, 4.69) is 17.6 Å². The molecule has 0 heterocycles. The van der Waals surface area contributed by atoms with Gasteiger partial charge in [0.15, 0.2) is 11.5 Å². The standard InChI is InChI=1S/C35H46N2O6/c1-5-6-7-8-9-10-11-22-43-31-21-16-28(25-32(31)42-4)35(36-33(38)23-26-12-17-29(40-2)18-13-26)37-34(39)24-27-14-19-30(41-3)20-15-27/h12-21,25,35H,5-11,22-24H2,1-4H3,(H,36,38)(H,37,39). The minimum Gasteiger partial charge on any atom is -0.497 e. The number of methoxy groups -OCH3 is 3. The predicted molar refractivity (Wildman–Crippen MR) is 169 cm³/mol. The van der Waals surface area contributed by atoms with E-state index in [1.807, 2.05) is 60.7 Å². The van der Waals surface area contributed by atoms with Gasteiger partial charge in [0.05, 0.1) is 40.8 Å². The van der Waals surface area contributed by atoms with Crippen molar-refractivity contribution >= 4 is 11.8 Å². The van der Waals surface area contributed by atoms with Gasteiger partial charge in [-0.15, -0.1) is 0 Å². The van der Waals surface area contributed by atoms with E-state index in [4.69, 9.17) is 18.9 Å². The molecule has 0 radical (unpaired) electrons. The molecule has 8 nitrogen and oxygen atoms in total. The van der Waals surface area contributed by atoms with Crippen molar-refractivity contribution in [1.82, 2.24) is 10.6 Å². The number of rotatable bonds is 19. The van der Waals surface area contributed by atoms with E-state index in [1.54, 1.807) is 27.4 Å². The third-order valence-corrected chi connectivity index (χ3v) is 7.18. The van der Waals surface area contributed by atoms with E-state index < -0.39 is 6.17 Å². The highest BCUT2D eigenvalue weighted by atomic mass is 16.5. The molecule has 0 fully saturated rings. The second-order valence-corrected chi connectivity index (χ2v) is 10.5. The van der Waals surface area contributed by atoms with E-state index in [9.17, 15) is 9.59 Å². The molecule has 2 N–H and O–H groups in total. The summed E-state index contributed by atoms with van der Waals surface area (Å²) in [6.07, 6.45) is 7.94. The van der Waals surface area contributed by atoms with Gasteiger partial charge in [-0.2, -0.15) is 0 Å². The average Bonchev–Trinajstić information content (AvgIpc) is 3.02. The molecule has 0 aliphatic carbocycles. The lowest BCUT2D eigenvalue weighted by atomic mass is 10.1. The van der Waals surface area contributed by atoms with Crippen LogP contribution in [0.5, 0.6) is 23.0 Å². The van der Waals surface area contributed by atoms with Crippen molar-refractivity contribution in [3.05, 3.63) is 83.4 Å². The number of amides is 2. The maximum atomic E-state index is 13.1. The van der Waals surface area contributed by atoms with Gasteiger partial charge in [-0.1, -0.05) is 75.8 Å². The zero-order valence-corrected chi connectivity index (χ0v) is 25.9. The van der Waals surface area contributed by atoms with E-state index in [-0.39, 0.29) is 24.7 Å². The Labute approximate surface area is 256 Å². The van der Waals surface area contributed by atoms with E-state index in [0.717, 1.165) is 24.0 Å². The van der Waals surface area contributed by atoms with Crippen LogP contribution in [-0.4, -0.2) is 39.8 Å². The largest absolute Gasteiger partial charge is 0.497 e. The summed E-state index contributed by atoms with van der Waals surface area (Å²) in [4.78, 5) is 26.2. The summed E-state index contributed by atoms with van der Waals surface area (Å²) in [5.41, 5.74) is 2.33. The summed E-state index contributed by atoms with van der Waals surface area (Å²) in [7, 11) is 4.78. The molecule has 0 saturated carbocycles. The zero-order chi connectivity index (χ0) is 30.9. The molecule has 0 unspecified atom stereocenters. The summed E-state index contributed by atoms with van der Waals surface area (Å²) in [5, 5.41) is 5.96. The lowest BCUT2D eigenvalue weighted by Crippen LogP contribution is -2.42. The topological polar surface area (TPSA) is 95.1 Å². The first-order chi connectivity index (χ1) is 20.9. The summed E-state index contributed by atoms with van der Waals surface area (Å²) < 4.78 is 22.1. The van der Waals surface area contributed by atoms with Crippen LogP contribution < -0.4 is 29.6 Å². The van der Waals surface area contributed by atoms with Gasteiger partial charge >= 0.3 is 0 Å². The van der Waals surface area contributed by atoms with E-state index in [1.165, 1.54) is 32.1 Å². The van der Waals surface area contributed by atoms with Crippen molar-refractivity contribution in [2.45, 2.75) is 70.9 Å². The second kappa shape index (κ2) is 18.4. The lowest BCUT2D eigenvalue weighted by molar-refractivity contribution is -0.123. The molecule has 3 aromatic carbocycles. The van der Waals surface area contributed by atoms with Crippen LogP contribution in [0.3, 0.4) is 0 Å². The predicted octanol–water partition coefficient (Wildman–Crippen LogP) is 6.56. The fourth-order valence-corrected chi connectivity index (χ4v) is 4.71. The van der Waals surface area contributed by atoms with Gasteiger partial charge in [-0.3, -0.25) is 9.59 Å². The third-order valence-electron chi connectivity index (χ3n) is 7.18. The van der Waals surface area contributed by atoms with Crippen LogP contribution in [0.4, 0.5) is 0 Å². The smallest absolute Gasteiger partial charge is 0.226 e. The fourth-order valence-electron chi connectivity index (χ4n) is 4.71. The molecule has 2 amide bonds. The third kappa shape index (κ3) is 11.5. The molecule has 0 saturated heterocycles. The quantitative estimate of drug-likeness (QED) is 0.121. The molecule has 0 aliphatic rings. The van der Waals surface area contributed by atoms with Crippen molar-refractivity contribution < 1.29 is 28.5 Å². The van der Waals surface area contributed by atoms with Crippen LogP contribution in [0.1, 0.15) is 74.7 Å². The van der Waals surface area contributed by atoms with Crippen molar-refractivity contribution in [2.75, 3.05) is 27.9 Å². The first-order valence-electron chi connectivity index (χ1n) is 15.1. The van der Waals surface area contributed by atoms with E-state index in [0.29, 0.717) is 35.2 Å². The average molecular weight is 591 g/mol. The summed E-state index contributed by atoms with van der Waals surface area (Å²) in [6, 6.07) is 20.1. The minimum absolute atomic E-state index is 0.144. The Morgan fingerprint density at radius 2 is 1.14 bits per heavy atom. The fraction of sp³-hybridized carbons (Fsp3) is 0.429. The molecule has 0 aliphatic heterocycles. The van der Waals surface area contributed by atoms with Crippen LogP contribution >= 0.6 is 0 Å². The van der Waals surface area contributed by atoms with E-state index >= 15 is 0 Å². The molecule has 3 rings (SSSR count). The molecular weight excluding hydrogens is 544 g/mol. The lowest BCUT2D eigenvalue weighted by Gasteiger charge is -2.22. The number of ether oxygens (including phenoxy) is 4. The van der Waals surface area contributed by atoms with Crippen LogP contribution in [0, 0.1) is 0 Å². The van der Waals surface area contributed by atoms with Crippen LogP contribution in [-0.2, 0) is 22.4 Å². The van der Waals surface area contributed by atoms with Crippen LogP contribution in [0.25, 0.3) is 0 Å². The van der Waals surface area contributed by atoms with Gasteiger partial charge in [0, 0.05) is 0 Å². The monoisotopic (exact) mass is 590 g/mol. The number of hydrogen-bond acceptors (Lipinski definition) is 6. The SMILES string of the molecule is CCCCCCCCCOc1ccc(C(NC(=O)Cc2ccc(OC)cc2)NC(=O)Cc2ccc(OC)cc2)cc1OC. The Morgan fingerprint density at radius 3 is 1.63 bits per heavy atom. The van der Waals surface area contributed by atoms with Crippen LogP contribution in [0.15, 0.2) is 66.7 Å². The maximum absolute atomic E-state index is 13.1. The highest BCUT2D eigenvalue weighted by Crippen LogP contribution is 2.30. The van der Waals surface area contributed by atoms with Crippen molar-refractivity contribution in [3.63, 3.8) is 0 Å². The maximum Gasteiger partial charge on any atom is 0.226 e. The Hall–Kier alpha value is -4.20. The van der Waals surface area contributed by atoms with Gasteiger partial charge in [0.25, 0.3) is 0 Å². The molecule has 0 spiro atoms. The second-order valence-electron chi connectivity index (χ2n) is 10.5. The van der Waals surface area contributed by atoms with Gasteiger partial charge in [-0.25, -0.2) is 0 Å². The molecule has 8 heteroatoms. The van der Waals surface area contributed by atoms with Crippen LogP contribution in [0.2, 0.25) is 0 Å². The number of benzene rings is 3. The van der Waals surface area contributed by atoms with Gasteiger partial charge in [-0.05, 0) is 59.5 Å². The minimum atomic E-state index is -0.775. The van der Waals surface area contributed by atoms with Gasteiger partial charge in [0.2, 0.25) is 11.8 Å². The molecule has 0 aromatic heterocycles. The Kier molecular flexibility index (Phi) is 14.2. The normalized spacial score (nSPS) is 10.7. The summed E-state index contributed by atoms with van der Waals surface area (Å²) in [5.74, 6) is 2.13. The zero-order valence-electron chi connectivity index (χ0n) is 25.9. The first kappa shape index (κ1) is 33.3. The first-order valence-corrected chi connectivity index (χ1v) is 15.1. The number of unbranched alkanes of at least 4 members (excludes halogenated alkanes) is 6. The molecule has 3 aromatic rings. The Bertz CT molecular complexity index is 1200. The molecule has 0 atom stereocenters. The van der Waals surface area contributed by atoms with Gasteiger partial charge < -0.3 is 29.6 Å². The number of nitrogens with one attached hydrogen (secondary N) is 2. The van der Waals surface area contributed by atoms with Crippen molar-refractivity contribution in [1.29, 1.82) is 0 Å². The number of hydrogen-bond donors (Lipinski definition) is 2. The highest BCUT2D eigenvalue weighted by Gasteiger charge is 2.20. The summed E-state index contributed by atoms with van der Waals surface area (Å²) >= 11 is 0. The summed E-state index contributed by atoms with van der Waals surface area (Å²) in [6.45, 7) is 2.83. The molecule has 43 heavy (non-hydrogen) atoms. The number of carbonyl (C=O) groups excluding carboxylic acids is 2. The molecule has 0 bridgehead atoms. The van der Waals surface area contributed by atoms with Gasteiger partial charge in [0.1, 0.15) is 17.7 Å². The molecule has 232 valence electrons. The Morgan fingerprint density at radius 1 is 0.628 bits per heavy atom.